The van der Waals surface area contributed by atoms with Crippen LogP contribution in [0.3, 0.4) is 0 Å². The van der Waals surface area contributed by atoms with Gasteiger partial charge in [0.2, 0.25) is 0 Å². The van der Waals surface area contributed by atoms with Crippen molar-refractivity contribution < 1.29 is 5.11 Å². The Bertz CT molecular complexity index is 191. The van der Waals surface area contributed by atoms with Crippen LogP contribution in [-0.4, -0.2) is 30.0 Å². The van der Waals surface area contributed by atoms with Gasteiger partial charge < -0.3 is 10.4 Å². The number of rotatable bonds is 1. The lowest BCUT2D eigenvalue weighted by Crippen LogP contribution is -2.46. The third-order valence-corrected chi connectivity index (χ3v) is 2.75. The van der Waals surface area contributed by atoms with Crippen LogP contribution in [0.2, 0.25) is 0 Å². The first-order valence-electron chi connectivity index (χ1n) is 4.67. The number of fused-ring (bicyclic) bond motifs is 1. The van der Waals surface area contributed by atoms with Gasteiger partial charge in [0.25, 0.3) is 0 Å². The van der Waals surface area contributed by atoms with Crippen molar-refractivity contribution in [3.63, 3.8) is 0 Å². The lowest BCUT2D eigenvalue weighted by molar-refractivity contribution is 0.0702. The molecule has 1 aliphatic heterocycles. The molecule has 0 spiro atoms. The Morgan fingerprint density at radius 1 is 1.67 bits per heavy atom. The van der Waals surface area contributed by atoms with Crippen molar-refractivity contribution in [2.75, 3.05) is 19.9 Å². The average molecular weight is 168 g/mol. The minimum absolute atomic E-state index is 0.177. The van der Waals surface area contributed by atoms with Crippen LogP contribution in [0.15, 0.2) is 11.8 Å². The molecule has 68 valence electrons. The SMILES string of the molecule is OCN1CNC2=CCCCC2C1. The third-order valence-electron chi connectivity index (χ3n) is 2.75. The van der Waals surface area contributed by atoms with Crippen molar-refractivity contribution in [2.24, 2.45) is 5.92 Å². The number of hydrogen-bond donors (Lipinski definition) is 2. The van der Waals surface area contributed by atoms with Crippen molar-refractivity contribution in [2.45, 2.75) is 19.3 Å². The Kier molecular flexibility index (Phi) is 2.33. The maximum absolute atomic E-state index is 8.95. The lowest BCUT2D eigenvalue weighted by Gasteiger charge is -2.36. The first-order chi connectivity index (χ1) is 5.90. The van der Waals surface area contributed by atoms with Crippen LogP contribution in [0.5, 0.6) is 0 Å². The zero-order chi connectivity index (χ0) is 8.39. The van der Waals surface area contributed by atoms with E-state index in [1.165, 1.54) is 25.0 Å². The fourth-order valence-electron chi connectivity index (χ4n) is 2.04. The first-order valence-corrected chi connectivity index (χ1v) is 4.67. The molecular weight excluding hydrogens is 152 g/mol. The van der Waals surface area contributed by atoms with E-state index in [1.807, 2.05) is 4.90 Å². The molecule has 0 radical (unpaired) electrons. The molecule has 1 atom stereocenters. The Labute approximate surface area is 73.1 Å². The monoisotopic (exact) mass is 168 g/mol. The van der Waals surface area contributed by atoms with Crippen LogP contribution >= 0.6 is 0 Å². The number of aliphatic hydroxyl groups is 1. The molecule has 0 bridgehead atoms. The summed E-state index contributed by atoms with van der Waals surface area (Å²) in [5.41, 5.74) is 1.41. The summed E-state index contributed by atoms with van der Waals surface area (Å²) in [6.07, 6.45) is 6.10. The van der Waals surface area contributed by atoms with Crippen molar-refractivity contribution >= 4 is 0 Å². The molecule has 2 rings (SSSR count). The molecule has 3 heteroatoms. The second-order valence-electron chi connectivity index (χ2n) is 3.62. The minimum Gasteiger partial charge on any atom is -0.381 e. The molecule has 0 aromatic carbocycles. The van der Waals surface area contributed by atoms with E-state index in [1.54, 1.807) is 0 Å². The van der Waals surface area contributed by atoms with E-state index in [9.17, 15) is 0 Å². The first kappa shape index (κ1) is 8.08. The van der Waals surface area contributed by atoms with E-state index >= 15 is 0 Å². The molecule has 0 aromatic rings. The summed E-state index contributed by atoms with van der Waals surface area (Å²) < 4.78 is 0. The number of allylic oxidation sites excluding steroid dienone is 1. The van der Waals surface area contributed by atoms with Gasteiger partial charge in [-0.15, -0.1) is 0 Å². The Hall–Kier alpha value is -0.540. The quantitative estimate of drug-likeness (QED) is 0.598. The van der Waals surface area contributed by atoms with Gasteiger partial charge in [0.15, 0.2) is 0 Å². The predicted octanol–water partition coefficient (Wildman–Crippen LogP) is 0.483. The van der Waals surface area contributed by atoms with Crippen molar-refractivity contribution in [1.82, 2.24) is 10.2 Å². The van der Waals surface area contributed by atoms with Gasteiger partial charge in [-0.25, -0.2) is 0 Å². The summed E-state index contributed by atoms with van der Waals surface area (Å²) in [5.74, 6) is 0.652. The topological polar surface area (TPSA) is 35.5 Å². The molecule has 0 saturated carbocycles. The van der Waals surface area contributed by atoms with Gasteiger partial charge in [-0.2, -0.15) is 0 Å². The van der Waals surface area contributed by atoms with Gasteiger partial charge in [-0.1, -0.05) is 6.08 Å². The minimum atomic E-state index is 0.177. The van der Waals surface area contributed by atoms with Gasteiger partial charge in [-0.05, 0) is 19.3 Å². The predicted molar refractivity (Wildman–Crippen MR) is 47.2 cm³/mol. The summed E-state index contributed by atoms with van der Waals surface area (Å²) in [6.45, 7) is 2.00. The second kappa shape index (κ2) is 3.46. The molecule has 2 aliphatic rings. The van der Waals surface area contributed by atoms with Crippen molar-refractivity contribution in [3.8, 4) is 0 Å². The summed E-state index contributed by atoms with van der Waals surface area (Å²) in [6, 6.07) is 0. The van der Waals surface area contributed by atoms with Gasteiger partial charge in [0.05, 0.1) is 13.4 Å². The third kappa shape index (κ3) is 1.47. The molecular formula is C9H16N2O. The number of aliphatic hydroxyl groups excluding tert-OH is 1. The van der Waals surface area contributed by atoms with Crippen LogP contribution in [0.4, 0.5) is 0 Å². The highest BCUT2D eigenvalue weighted by atomic mass is 16.3. The molecule has 0 amide bonds. The lowest BCUT2D eigenvalue weighted by atomic mass is 9.91. The highest BCUT2D eigenvalue weighted by Gasteiger charge is 2.24. The number of nitrogens with zero attached hydrogens (tertiary/aromatic N) is 1. The summed E-state index contributed by atoms with van der Waals surface area (Å²) in [5, 5.41) is 12.3. The van der Waals surface area contributed by atoms with Crippen LogP contribution in [0.25, 0.3) is 0 Å². The smallest absolute Gasteiger partial charge is 0.0970 e. The van der Waals surface area contributed by atoms with E-state index in [0.717, 1.165) is 13.2 Å². The fourth-order valence-corrected chi connectivity index (χ4v) is 2.04. The molecule has 12 heavy (non-hydrogen) atoms. The molecule has 1 unspecified atom stereocenters. The average Bonchev–Trinajstić information content (AvgIpc) is 2.17. The maximum Gasteiger partial charge on any atom is 0.0970 e. The highest BCUT2D eigenvalue weighted by molar-refractivity contribution is 5.10. The second-order valence-corrected chi connectivity index (χ2v) is 3.62. The zero-order valence-electron chi connectivity index (χ0n) is 7.29. The molecule has 1 fully saturated rings. The molecule has 1 heterocycles. The Morgan fingerprint density at radius 2 is 2.58 bits per heavy atom. The molecule has 3 nitrogen and oxygen atoms in total. The van der Waals surface area contributed by atoms with Crippen LogP contribution in [-0.2, 0) is 0 Å². The standard InChI is InChI=1S/C9H16N2O/c12-7-11-5-8-3-1-2-4-9(8)10-6-11/h4,8,10,12H,1-3,5-7H2. The number of hydrogen-bond acceptors (Lipinski definition) is 3. The molecule has 1 aliphatic carbocycles. The van der Waals surface area contributed by atoms with Crippen LogP contribution in [0, 0.1) is 5.92 Å². The maximum atomic E-state index is 8.95. The fraction of sp³-hybridized carbons (Fsp3) is 0.778. The van der Waals surface area contributed by atoms with Gasteiger partial charge >= 0.3 is 0 Å². The summed E-state index contributed by atoms with van der Waals surface area (Å²) in [7, 11) is 0. The van der Waals surface area contributed by atoms with Gasteiger partial charge in [0, 0.05) is 18.2 Å². The largest absolute Gasteiger partial charge is 0.381 e. The van der Waals surface area contributed by atoms with Crippen molar-refractivity contribution in [3.05, 3.63) is 11.8 Å². The zero-order valence-corrected chi connectivity index (χ0v) is 7.29. The normalized spacial score (nSPS) is 30.4. The van der Waals surface area contributed by atoms with Gasteiger partial charge in [0.1, 0.15) is 0 Å². The van der Waals surface area contributed by atoms with Gasteiger partial charge in [-0.3, -0.25) is 4.90 Å². The highest BCUT2D eigenvalue weighted by Crippen LogP contribution is 2.25. The van der Waals surface area contributed by atoms with E-state index in [2.05, 4.69) is 11.4 Å². The molecule has 0 aromatic heterocycles. The van der Waals surface area contributed by atoms with Crippen molar-refractivity contribution in [1.29, 1.82) is 0 Å². The number of nitrogens with one attached hydrogen (secondary N) is 1. The van der Waals surface area contributed by atoms with E-state index in [0.29, 0.717) is 5.92 Å². The van der Waals surface area contributed by atoms with E-state index in [-0.39, 0.29) is 6.73 Å². The van der Waals surface area contributed by atoms with Crippen LogP contribution < -0.4 is 5.32 Å². The summed E-state index contributed by atoms with van der Waals surface area (Å²) >= 11 is 0. The molecule has 1 saturated heterocycles. The Morgan fingerprint density at radius 3 is 3.42 bits per heavy atom. The molecule has 2 N–H and O–H groups in total. The summed E-state index contributed by atoms with van der Waals surface area (Å²) in [4.78, 5) is 2.04. The van der Waals surface area contributed by atoms with Crippen LogP contribution in [0.1, 0.15) is 19.3 Å². The Balaban J connectivity index is 2.00. The van der Waals surface area contributed by atoms with E-state index in [4.69, 9.17) is 5.11 Å². The van der Waals surface area contributed by atoms with E-state index < -0.39 is 0 Å².